The van der Waals surface area contributed by atoms with Gasteiger partial charge >= 0.3 is 6.09 Å². The molecule has 0 bridgehead atoms. The number of likely N-dealkylation sites (tertiary alicyclic amines) is 3. The number of hydrogen-bond acceptors (Lipinski definition) is 6. The molecule has 0 N–H and O–H groups in total. The van der Waals surface area contributed by atoms with Gasteiger partial charge in [0.05, 0.1) is 10.9 Å². The van der Waals surface area contributed by atoms with Crippen LogP contribution in [0.25, 0.3) is 0 Å². The van der Waals surface area contributed by atoms with Crippen LogP contribution in [0.5, 0.6) is 0 Å². The van der Waals surface area contributed by atoms with Gasteiger partial charge in [-0.25, -0.2) is 13.2 Å². The summed E-state index contributed by atoms with van der Waals surface area (Å²) in [4.78, 5) is 20.4. The van der Waals surface area contributed by atoms with E-state index in [1.807, 2.05) is 6.92 Å². The Bertz CT molecular complexity index is 1050. The summed E-state index contributed by atoms with van der Waals surface area (Å²) in [6.45, 7) is 8.28. The summed E-state index contributed by atoms with van der Waals surface area (Å²) in [7, 11) is -3.72. The Morgan fingerprint density at radius 3 is 2.05 bits per heavy atom. The zero-order valence-electron chi connectivity index (χ0n) is 23.3. The Balaban J connectivity index is 1.09. The normalized spacial score (nSPS) is 27.5. The lowest BCUT2D eigenvalue weighted by Crippen LogP contribution is -2.53. The predicted molar refractivity (Wildman–Crippen MR) is 154 cm³/mol. The molecule has 4 aliphatic heterocycles. The summed E-state index contributed by atoms with van der Waals surface area (Å²) in [5.41, 5.74) is 0. The second-order valence-corrected chi connectivity index (χ2v) is 14.2. The molecule has 4 saturated heterocycles. The third-order valence-corrected chi connectivity index (χ3v) is 11.7. The Labute approximate surface area is 239 Å². The molecule has 4 fully saturated rings. The van der Waals surface area contributed by atoms with Crippen LogP contribution in [0.1, 0.15) is 71.1 Å². The second kappa shape index (κ2) is 13.1. The Morgan fingerprint density at radius 1 is 0.821 bits per heavy atom. The van der Waals surface area contributed by atoms with Gasteiger partial charge in [-0.05, 0) is 109 Å². The molecule has 4 aliphatic rings. The van der Waals surface area contributed by atoms with Gasteiger partial charge in [0.25, 0.3) is 0 Å². The minimum Gasteiger partial charge on any atom is -0.448 e. The molecule has 1 aromatic rings. The molecule has 8 nitrogen and oxygen atoms in total. The molecular formula is C29H45ClN4O4S. The Kier molecular flexibility index (Phi) is 9.75. The first-order valence-electron chi connectivity index (χ1n) is 15.0. The number of nitrogens with zero attached hydrogens (tertiary/aromatic N) is 4. The van der Waals surface area contributed by atoms with E-state index in [-0.39, 0.29) is 29.7 Å². The monoisotopic (exact) mass is 580 g/mol. The van der Waals surface area contributed by atoms with Crippen LogP contribution in [0.15, 0.2) is 29.2 Å². The highest BCUT2D eigenvalue weighted by Gasteiger charge is 2.39. The van der Waals surface area contributed by atoms with Crippen molar-refractivity contribution in [2.24, 2.45) is 0 Å². The summed E-state index contributed by atoms with van der Waals surface area (Å²) in [6, 6.07) is 7.05. The SMILES string of the molecule is C[C@@H]1CCC[C@H](COC(=O)N2CCC(N3CCC(N4CCCCC4)CC3)CC2)N1S(=O)(=O)c1ccc(Cl)cc1. The number of halogens is 1. The molecule has 0 aliphatic carbocycles. The van der Waals surface area contributed by atoms with Gasteiger partial charge in [-0.1, -0.05) is 24.4 Å². The lowest BCUT2D eigenvalue weighted by molar-refractivity contribution is 0.0344. The van der Waals surface area contributed by atoms with Crippen molar-refractivity contribution in [1.82, 2.24) is 19.0 Å². The second-order valence-electron chi connectivity index (χ2n) is 11.9. The highest BCUT2D eigenvalue weighted by atomic mass is 35.5. The Morgan fingerprint density at radius 2 is 1.41 bits per heavy atom. The van der Waals surface area contributed by atoms with Gasteiger partial charge in [0.1, 0.15) is 6.61 Å². The maximum atomic E-state index is 13.5. The van der Waals surface area contributed by atoms with E-state index in [9.17, 15) is 13.2 Å². The van der Waals surface area contributed by atoms with Crippen LogP contribution in [-0.4, -0.2) is 104 Å². The molecule has 0 saturated carbocycles. The van der Waals surface area contributed by atoms with Crippen LogP contribution in [-0.2, 0) is 14.8 Å². The molecule has 39 heavy (non-hydrogen) atoms. The van der Waals surface area contributed by atoms with Crippen LogP contribution in [0.2, 0.25) is 5.02 Å². The number of carbonyl (C=O) groups excluding carboxylic acids is 1. The number of carbonyl (C=O) groups is 1. The smallest absolute Gasteiger partial charge is 0.409 e. The van der Waals surface area contributed by atoms with Crippen LogP contribution in [0, 0.1) is 0 Å². The zero-order chi connectivity index (χ0) is 27.4. The van der Waals surface area contributed by atoms with E-state index in [4.69, 9.17) is 16.3 Å². The largest absolute Gasteiger partial charge is 0.448 e. The van der Waals surface area contributed by atoms with Gasteiger partial charge in [-0.15, -0.1) is 0 Å². The first kappa shape index (κ1) is 29.1. The number of sulfonamides is 1. The van der Waals surface area contributed by atoms with Crippen LogP contribution >= 0.6 is 11.6 Å². The summed E-state index contributed by atoms with van der Waals surface area (Å²) >= 11 is 5.98. The van der Waals surface area contributed by atoms with Crippen molar-refractivity contribution in [3.8, 4) is 0 Å². The quantitative estimate of drug-likeness (QED) is 0.480. The van der Waals surface area contributed by atoms with Crippen molar-refractivity contribution in [3.05, 3.63) is 29.3 Å². The molecule has 4 heterocycles. The van der Waals surface area contributed by atoms with E-state index in [2.05, 4.69) is 9.80 Å². The molecule has 2 atom stereocenters. The maximum absolute atomic E-state index is 13.5. The van der Waals surface area contributed by atoms with Gasteiger partial charge < -0.3 is 19.4 Å². The van der Waals surface area contributed by atoms with Gasteiger partial charge in [-0.3, -0.25) is 0 Å². The van der Waals surface area contributed by atoms with E-state index >= 15 is 0 Å². The predicted octanol–water partition coefficient (Wildman–Crippen LogP) is 4.82. The molecule has 218 valence electrons. The summed E-state index contributed by atoms with van der Waals surface area (Å²) in [6.07, 6.45) is 10.6. The first-order chi connectivity index (χ1) is 18.8. The van der Waals surface area contributed by atoms with Crippen molar-refractivity contribution in [2.45, 2.75) is 100 Å². The average molecular weight is 581 g/mol. The van der Waals surface area contributed by atoms with Crippen molar-refractivity contribution in [1.29, 1.82) is 0 Å². The van der Waals surface area contributed by atoms with E-state index < -0.39 is 10.0 Å². The van der Waals surface area contributed by atoms with Crippen molar-refractivity contribution in [3.63, 3.8) is 0 Å². The number of benzene rings is 1. The van der Waals surface area contributed by atoms with Crippen molar-refractivity contribution in [2.75, 3.05) is 45.9 Å². The third kappa shape index (κ3) is 6.92. The Hall–Kier alpha value is -1.39. The number of ether oxygens (including phenoxy) is 1. The molecule has 1 amide bonds. The molecule has 0 aromatic heterocycles. The number of hydrogen-bond donors (Lipinski definition) is 0. The van der Waals surface area contributed by atoms with E-state index in [0.29, 0.717) is 30.6 Å². The van der Waals surface area contributed by atoms with Gasteiger partial charge in [0.15, 0.2) is 0 Å². The summed E-state index contributed by atoms with van der Waals surface area (Å²) in [5.74, 6) is 0. The van der Waals surface area contributed by atoms with Crippen molar-refractivity contribution >= 4 is 27.7 Å². The van der Waals surface area contributed by atoms with Crippen molar-refractivity contribution < 1.29 is 17.9 Å². The highest BCUT2D eigenvalue weighted by Crippen LogP contribution is 2.31. The van der Waals surface area contributed by atoms with Gasteiger partial charge in [-0.2, -0.15) is 4.31 Å². The maximum Gasteiger partial charge on any atom is 0.409 e. The molecule has 10 heteroatoms. The summed E-state index contributed by atoms with van der Waals surface area (Å²) in [5, 5.41) is 0.497. The number of amides is 1. The van der Waals surface area contributed by atoms with E-state index in [1.165, 1.54) is 45.2 Å². The minimum atomic E-state index is -3.72. The summed E-state index contributed by atoms with van der Waals surface area (Å²) < 4.78 is 34.3. The number of rotatable bonds is 6. The highest BCUT2D eigenvalue weighted by molar-refractivity contribution is 7.89. The fraction of sp³-hybridized carbons (Fsp3) is 0.759. The average Bonchev–Trinajstić information content (AvgIpc) is 2.96. The van der Waals surface area contributed by atoms with Crippen LogP contribution < -0.4 is 0 Å². The molecular weight excluding hydrogens is 536 g/mol. The molecule has 0 unspecified atom stereocenters. The van der Waals surface area contributed by atoms with Crippen LogP contribution in [0.3, 0.4) is 0 Å². The fourth-order valence-corrected chi connectivity index (χ4v) is 9.14. The molecule has 5 rings (SSSR count). The van der Waals surface area contributed by atoms with Gasteiger partial charge in [0, 0.05) is 36.2 Å². The fourth-order valence-electron chi connectivity index (χ4n) is 7.15. The van der Waals surface area contributed by atoms with Gasteiger partial charge in [0.2, 0.25) is 10.0 Å². The lowest BCUT2D eigenvalue weighted by atomic mass is 9.96. The standard InChI is InChI=1S/C29H45ClN4O4S/c1-23-6-5-7-27(34(23)39(36,37)28-10-8-24(30)9-11-28)22-38-29(35)33-20-14-26(15-21-33)32-18-12-25(13-19-32)31-16-3-2-4-17-31/h8-11,23,25-27H,2-7,12-22H2,1H3/t23-,27-/m1/s1. The molecule has 0 spiro atoms. The molecule has 0 radical (unpaired) electrons. The third-order valence-electron chi connectivity index (χ3n) is 9.39. The number of piperidine rings is 4. The van der Waals surface area contributed by atoms with Crippen LogP contribution in [0.4, 0.5) is 4.79 Å². The topological polar surface area (TPSA) is 73.4 Å². The first-order valence-corrected chi connectivity index (χ1v) is 16.8. The van der Waals surface area contributed by atoms with E-state index in [0.717, 1.165) is 44.8 Å². The lowest BCUT2D eigenvalue weighted by Gasteiger charge is -2.44. The zero-order valence-corrected chi connectivity index (χ0v) is 24.9. The minimum absolute atomic E-state index is 0.0833. The van der Waals surface area contributed by atoms with E-state index in [1.54, 1.807) is 33.5 Å². The molecule has 1 aromatic carbocycles.